The Morgan fingerprint density at radius 1 is 1.26 bits per heavy atom. The summed E-state index contributed by atoms with van der Waals surface area (Å²) in [4.78, 5) is 16.4. The van der Waals surface area contributed by atoms with Crippen LogP contribution < -0.4 is 5.32 Å². The molecule has 1 amide bonds. The van der Waals surface area contributed by atoms with Crippen LogP contribution in [0.3, 0.4) is 0 Å². The van der Waals surface area contributed by atoms with E-state index in [1.165, 1.54) is 6.33 Å². The molecule has 0 aliphatic carbocycles. The van der Waals surface area contributed by atoms with E-state index in [4.69, 9.17) is 0 Å². The van der Waals surface area contributed by atoms with Crippen LogP contribution in [0, 0.1) is 20.8 Å². The van der Waals surface area contributed by atoms with Crippen molar-refractivity contribution in [1.29, 1.82) is 0 Å². The molecule has 2 N–H and O–H groups in total. The van der Waals surface area contributed by atoms with Crippen molar-refractivity contribution in [2.24, 2.45) is 0 Å². The predicted octanol–water partition coefficient (Wildman–Crippen LogP) is 2.22. The Balaban J connectivity index is 2.21. The third-order valence-electron chi connectivity index (χ3n) is 3.10. The van der Waals surface area contributed by atoms with Crippen LogP contribution in [0.25, 0.3) is 0 Å². The molecule has 0 aliphatic rings. The normalized spacial score (nSPS) is 12.2. The molecule has 1 aromatic carbocycles. The molecule has 5 heteroatoms. The SMILES string of the molecule is Cc1cc(C)c(C(=O)NC(C)c2ncn[nH]2)c(C)c1. The first-order valence-corrected chi connectivity index (χ1v) is 6.23. The van der Waals surface area contributed by atoms with Crippen LogP contribution in [-0.4, -0.2) is 21.1 Å². The van der Waals surface area contributed by atoms with Crippen LogP contribution in [0.5, 0.6) is 0 Å². The minimum absolute atomic E-state index is 0.0844. The van der Waals surface area contributed by atoms with E-state index in [0.717, 1.165) is 22.3 Å². The first-order chi connectivity index (χ1) is 8.99. The maximum absolute atomic E-state index is 12.3. The van der Waals surface area contributed by atoms with Gasteiger partial charge >= 0.3 is 0 Å². The van der Waals surface area contributed by atoms with Crippen molar-refractivity contribution in [2.45, 2.75) is 33.7 Å². The number of H-pyrrole nitrogens is 1. The molecule has 0 spiro atoms. The number of benzene rings is 1. The molecule has 0 saturated carbocycles. The molecule has 1 heterocycles. The third kappa shape index (κ3) is 2.81. The Bertz CT molecular complexity index is 566. The van der Waals surface area contributed by atoms with Crippen molar-refractivity contribution in [3.63, 3.8) is 0 Å². The fraction of sp³-hybridized carbons (Fsp3) is 0.357. The van der Waals surface area contributed by atoms with Gasteiger partial charge in [0, 0.05) is 5.56 Å². The number of hydrogen-bond acceptors (Lipinski definition) is 3. The minimum atomic E-state index is -0.199. The Kier molecular flexibility index (Phi) is 3.64. The smallest absolute Gasteiger partial charge is 0.252 e. The van der Waals surface area contributed by atoms with Gasteiger partial charge < -0.3 is 5.32 Å². The number of nitrogens with zero attached hydrogens (tertiary/aromatic N) is 2. The van der Waals surface area contributed by atoms with E-state index in [1.807, 2.05) is 39.8 Å². The number of hydrogen-bond donors (Lipinski definition) is 2. The lowest BCUT2D eigenvalue weighted by atomic mass is 9.99. The summed E-state index contributed by atoms with van der Waals surface area (Å²) in [5.74, 6) is 0.565. The fourth-order valence-corrected chi connectivity index (χ4v) is 2.30. The van der Waals surface area contributed by atoms with Crippen molar-refractivity contribution in [3.05, 3.63) is 46.5 Å². The zero-order valence-corrected chi connectivity index (χ0v) is 11.6. The summed E-state index contributed by atoms with van der Waals surface area (Å²) in [6, 6.07) is 3.83. The molecule has 100 valence electrons. The fourth-order valence-electron chi connectivity index (χ4n) is 2.30. The monoisotopic (exact) mass is 258 g/mol. The summed E-state index contributed by atoms with van der Waals surface area (Å²) >= 11 is 0. The maximum atomic E-state index is 12.3. The summed E-state index contributed by atoms with van der Waals surface area (Å²) in [6.07, 6.45) is 1.43. The average Bonchev–Trinajstić information content (AvgIpc) is 2.80. The Hall–Kier alpha value is -2.17. The van der Waals surface area contributed by atoms with Crippen LogP contribution in [0.2, 0.25) is 0 Å². The number of nitrogens with one attached hydrogen (secondary N) is 2. The summed E-state index contributed by atoms with van der Waals surface area (Å²) in [5, 5.41) is 9.47. The number of carbonyl (C=O) groups is 1. The van der Waals surface area contributed by atoms with E-state index in [0.29, 0.717) is 5.82 Å². The molecule has 0 saturated heterocycles. The number of amides is 1. The van der Waals surface area contributed by atoms with Gasteiger partial charge in [0.25, 0.3) is 5.91 Å². The molecule has 0 radical (unpaired) electrons. The standard InChI is InChI=1S/C14H18N4O/c1-8-5-9(2)12(10(3)6-8)14(19)17-11(4)13-15-7-16-18-13/h5-7,11H,1-4H3,(H,17,19)(H,15,16,18). The van der Waals surface area contributed by atoms with Crippen molar-refractivity contribution >= 4 is 5.91 Å². The Labute approximate surface area is 112 Å². The highest BCUT2D eigenvalue weighted by molar-refractivity contribution is 5.97. The van der Waals surface area contributed by atoms with Gasteiger partial charge in [0.2, 0.25) is 0 Å². The molecule has 1 unspecified atom stereocenters. The van der Waals surface area contributed by atoms with Crippen molar-refractivity contribution in [1.82, 2.24) is 20.5 Å². The maximum Gasteiger partial charge on any atom is 0.252 e. The topological polar surface area (TPSA) is 70.7 Å². The highest BCUT2D eigenvalue weighted by atomic mass is 16.1. The van der Waals surface area contributed by atoms with Gasteiger partial charge in [0.05, 0.1) is 6.04 Å². The predicted molar refractivity (Wildman–Crippen MR) is 72.9 cm³/mol. The zero-order valence-electron chi connectivity index (χ0n) is 11.6. The molecular weight excluding hydrogens is 240 g/mol. The lowest BCUT2D eigenvalue weighted by Gasteiger charge is -2.15. The van der Waals surface area contributed by atoms with Gasteiger partial charge in [-0.3, -0.25) is 9.89 Å². The van der Waals surface area contributed by atoms with E-state index >= 15 is 0 Å². The van der Waals surface area contributed by atoms with Gasteiger partial charge in [-0.2, -0.15) is 5.10 Å². The lowest BCUT2D eigenvalue weighted by molar-refractivity contribution is 0.0937. The van der Waals surface area contributed by atoms with Crippen LogP contribution in [0.15, 0.2) is 18.5 Å². The number of aromatic amines is 1. The summed E-state index contributed by atoms with van der Waals surface area (Å²) in [5.41, 5.74) is 3.87. The second-order valence-corrected chi connectivity index (χ2v) is 4.84. The number of aryl methyl sites for hydroxylation is 3. The molecule has 0 fully saturated rings. The molecule has 19 heavy (non-hydrogen) atoms. The van der Waals surface area contributed by atoms with E-state index in [2.05, 4.69) is 20.5 Å². The second-order valence-electron chi connectivity index (χ2n) is 4.84. The summed E-state index contributed by atoms with van der Waals surface area (Å²) in [6.45, 7) is 7.80. The lowest BCUT2D eigenvalue weighted by Crippen LogP contribution is -2.28. The first kappa shape index (κ1) is 13.3. The van der Waals surface area contributed by atoms with Crippen molar-refractivity contribution < 1.29 is 4.79 Å². The molecule has 0 bridgehead atoms. The molecule has 0 aliphatic heterocycles. The second kappa shape index (κ2) is 5.22. The van der Waals surface area contributed by atoms with Gasteiger partial charge in [0.1, 0.15) is 12.2 Å². The van der Waals surface area contributed by atoms with Crippen molar-refractivity contribution in [3.8, 4) is 0 Å². The molecule has 1 atom stereocenters. The first-order valence-electron chi connectivity index (χ1n) is 6.23. The molecule has 1 aromatic heterocycles. The minimum Gasteiger partial charge on any atom is -0.342 e. The van der Waals surface area contributed by atoms with Gasteiger partial charge in [-0.15, -0.1) is 0 Å². The van der Waals surface area contributed by atoms with Gasteiger partial charge in [-0.25, -0.2) is 4.98 Å². The zero-order chi connectivity index (χ0) is 14.0. The Morgan fingerprint density at radius 3 is 2.42 bits per heavy atom. The van der Waals surface area contributed by atoms with Gasteiger partial charge in [0.15, 0.2) is 0 Å². The molecule has 2 aromatic rings. The van der Waals surface area contributed by atoms with Gasteiger partial charge in [-0.1, -0.05) is 17.7 Å². The number of rotatable bonds is 3. The van der Waals surface area contributed by atoms with E-state index < -0.39 is 0 Å². The molecule has 5 nitrogen and oxygen atoms in total. The van der Waals surface area contributed by atoms with E-state index in [9.17, 15) is 4.79 Å². The number of aromatic nitrogens is 3. The third-order valence-corrected chi connectivity index (χ3v) is 3.10. The van der Waals surface area contributed by atoms with E-state index in [1.54, 1.807) is 0 Å². The molecule has 2 rings (SSSR count). The van der Waals surface area contributed by atoms with Crippen molar-refractivity contribution in [2.75, 3.05) is 0 Å². The van der Waals surface area contributed by atoms with Crippen LogP contribution in [-0.2, 0) is 0 Å². The quantitative estimate of drug-likeness (QED) is 0.886. The van der Waals surface area contributed by atoms with Gasteiger partial charge in [-0.05, 0) is 38.8 Å². The highest BCUT2D eigenvalue weighted by Crippen LogP contribution is 2.17. The summed E-state index contributed by atoms with van der Waals surface area (Å²) in [7, 11) is 0. The summed E-state index contributed by atoms with van der Waals surface area (Å²) < 4.78 is 0. The van der Waals surface area contributed by atoms with E-state index in [-0.39, 0.29) is 11.9 Å². The largest absolute Gasteiger partial charge is 0.342 e. The van der Waals surface area contributed by atoms with Crippen LogP contribution >= 0.6 is 0 Å². The van der Waals surface area contributed by atoms with Crippen LogP contribution in [0.4, 0.5) is 0 Å². The average molecular weight is 258 g/mol. The highest BCUT2D eigenvalue weighted by Gasteiger charge is 2.17. The van der Waals surface area contributed by atoms with Crippen LogP contribution in [0.1, 0.15) is 45.8 Å². The Morgan fingerprint density at radius 2 is 1.89 bits per heavy atom. The molecular formula is C14H18N4O. The number of carbonyl (C=O) groups excluding carboxylic acids is 1.